The number of carbonyl (C=O) groups excluding carboxylic acids is 1. The number of rotatable bonds is 6. The van der Waals surface area contributed by atoms with Gasteiger partial charge < -0.3 is 19.9 Å². The van der Waals surface area contributed by atoms with Crippen molar-refractivity contribution in [3.63, 3.8) is 0 Å². The minimum Gasteiger partial charge on any atom is -0.508 e. The second kappa shape index (κ2) is 9.22. The van der Waals surface area contributed by atoms with Crippen molar-refractivity contribution < 1.29 is 19.4 Å². The standard InChI is InChI=1S/C26H23NO4/c1-30-21-12-7-11-20(16-21)25(27-26(29)31-17-18-8-3-2-4-9-18)24-22-13-6-5-10-19(22)14-15-23(24)28/h2-16,25,28H,17H2,1H3,(H,27,29). The van der Waals surface area contributed by atoms with Gasteiger partial charge in [0.25, 0.3) is 0 Å². The fourth-order valence-corrected chi connectivity index (χ4v) is 3.61. The quantitative estimate of drug-likeness (QED) is 0.434. The number of nitrogens with one attached hydrogen (secondary N) is 1. The summed E-state index contributed by atoms with van der Waals surface area (Å²) in [5.41, 5.74) is 2.26. The Morgan fingerprint density at radius 1 is 0.935 bits per heavy atom. The zero-order chi connectivity index (χ0) is 21.6. The van der Waals surface area contributed by atoms with Crippen LogP contribution in [0.2, 0.25) is 0 Å². The molecule has 0 fully saturated rings. The molecule has 0 aliphatic heterocycles. The number of phenols is 1. The second-order valence-electron chi connectivity index (χ2n) is 7.14. The Kier molecular flexibility index (Phi) is 6.03. The molecule has 4 aromatic rings. The topological polar surface area (TPSA) is 67.8 Å². The van der Waals surface area contributed by atoms with Crippen molar-refractivity contribution in [2.24, 2.45) is 0 Å². The number of hydrogen-bond acceptors (Lipinski definition) is 4. The van der Waals surface area contributed by atoms with Crippen molar-refractivity contribution in [1.82, 2.24) is 5.32 Å². The Morgan fingerprint density at radius 2 is 1.71 bits per heavy atom. The van der Waals surface area contributed by atoms with E-state index in [-0.39, 0.29) is 12.4 Å². The van der Waals surface area contributed by atoms with Crippen molar-refractivity contribution >= 4 is 16.9 Å². The van der Waals surface area contributed by atoms with E-state index < -0.39 is 12.1 Å². The van der Waals surface area contributed by atoms with Gasteiger partial charge in [0.1, 0.15) is 18.1 Å². The maximum absolute atomic E-state index is 12.7. The lowest BCUT2D eigenvalue weighted by atomic mass is 9.92. The van der Waals surface area contributed by atoms with Gasteiger partial charge in [0.2, 0.25) is 0 Å². The summed E-state index contributed by atoms with van der Waals surface area (Å²) in [5, 5.41) is 15.5. The molecule has 0 bridgehead atoms. The highest BCUT2D eigenvalue weighted by Gasteiger charge is 2.23. The zero-order valence-corrected chi connectivity index (χ0v) is 17.1. The third kappa shape index (κ3) is 4.61. The maximum atomic E-state index is 12.7. The van der Waals surface area contributed by atoms with Crippen LogP contribution in [-0.2, 0) is 11.3 Å². The molecule has 0 spiro atoms. The molecular weight excluding hydrogens is 390 g/mol. The van der Waals surface area contributed by atoms with Crippen molar-refractivity contribution in [3.8, 4) is 11.5 Å². The van der Waals surface area contributed by atoms with Crippen LogP contribution in [0.25, 0.3) is 10.8 Å². The van der Waals surface area contributed by atoms with E-state index in [1.165, 1.54) is 0 Å². The number of aromatic hydroxyl groups is 1. The van der Waals surface area contributed by atoms with Gasteiger partial charge in [0.15, 0.2) is 0 Å². The highest BCUT2D eigenvalue weighted by atomic mass is 16.5. The molecular formula is C26H23NO4. The molecule has 4 aromatic carbocycles. The first-order valence-corrected chi connectivity index (χ1v) is 9.97. The summed E-state index contributed by atoms with van der Waals surface area (Å²) in [5.74, 6) is 0.747. The molecule has 0 aliphatic carbocycles. The molecule has 1 atom stereocenters. The molecule has 31 heavy (non-hydrogen) atoms. The number of hydrogen-bond donors (Lipinski definition) is 2. The SMILES string of the molecule is COc1cccc(C(NC(=O)OCc2ccccc2)c2c(O)ccc3ccccc23)c1. The van der Waals surface area contributed by atoms with Gasteiger partial charge in [0, 0.05) is 5.56 Å². The Morgan fingerprint density at radius 3 is 2.52 bits per heavy atom. The Hall–Kier alpha value is -3.99. The Balaban J connectivity index is 1.70. The predicted molar refractivity (Wildman–Crippen MR) is 120 cm³/mol. The number of benzene rings is 4. The lowest BCUT2D eigenvalue weighted by Gasteiger charge is -2.23. The van der Waals surface area contributed by atoms with Gasteiger partial charge in [0.05, 0.1) is 13.2 Å². The summed E-state index contributed by atoms with van der Waals surface area (Å²) in [7, 11) is 1.59. The molecule has 0 saturated heterocycles. The number of fused-ring (bicyclic) bond motifs is 1. The third-order valence-corrected chi connectivity index (χ3v) is 5.14. The average Bonchev–Trinajstić information content (AvgIpc) is 2.82. The number of alkyl carbamates (subject to hydrolysis) is 1. The first-order chi connectivity index (χ1) is 15.2. The number of phenolic OH excluding ortho intramolecular Hbond substituents is 1. The second-order valence-corrected chi connectivity index (χ2v) is 7.14. The number of ether oxygens (including phenoxy) is 2. The van der Waals surface area contributed by atoms with Crippen LogP contribution < -0.4 is 10.1 Å². The monoisotopic (exact) mass is 413 g/mol. The molecule has 0 heterocycles. The Labute approximate surface area is 180 Å². The van der Waals surface area contributed by atoms with Gasteiger partial charge in [-0.1, -0.05) is 72.8 Å². The van der Waals surface area contributed by atoms with Crippen LogP contribution in [0.5, 0.6) is 11.5 Å². The normalized spacial score (nSPS) is 11.6. The van der Waals surface area contributed by atoms with Gasteiger partial charge in [-0.3, -0.25) is 0 Å². The lowest BCUT2D eigenvalue weighted by molar-refractivity contribution is 0.137. The third-order valence-electron chi connectivity index (χ3n) is 5.14. The molecule has 0 aromatic heterocycles. The van der Waals surface area contributed by atoms with E-state index in [0.29, 0.717) is 11.3 Å². The van der Waals surface area contributed by atoms with Crippen molar-refractivity contribution in [3.05, 3.63) is 108 Å². The van der Waals surface area contributed by atoms with Crippen LogP contribution >= 0.6 is 0 Å². The van der Waals surface area contributed by atoms with Gasteiger partial charge in [-0.25, -0.2) is 4.79 Å². The van der Waals surface area contributed by atoms with Crippen molar-refractivity contribution in [1.29, 1.82) is 0 Å². The van der Waals surface area contributed by atoms with E-state index in [2.05, 4.69) is 5.32 Å². The number of methoxy groups -OCH3 is 1. The van der Waals surface area contributed by atoms with Gasteiger partial charge in [-0.15, -0.1) is 0 Å². The van der Waals surface area contributed by atoms with Crippen LogP contribution in [0, 0.1) is 0 Å². The summed E-state index contributed by atoms with van der Waals surface area (Å²) in [6.45, 7) is 0.152. The van der Waals surface area contributed by atoms with Gasteiger partial charge >= 0.3 is 6.09 Å². The fraction of sp³-hybridized carbons (Fsp3) is 0.115. The molecule has 5 nitrogen and oxygen atoms in total. The summed E-state index contributed by atoms with van der Waals surface area (Å²) < 4.78 is 10.8. The van der Waals surface area contributed by atoms with E-state index in [0.717, 1.165) is 21.9 Å². The summed E-state index contributed by atoms with van der Waals surface area (Å²) >= 11 is 0. The van der Waals surface area contributed by atoms with E-state index in [1.807, 2.05) is 84.9 Å². The molecule has 156 valence electrons. The summed E-state index contributed by atoms with van der Waals surface area (Å²) in [6.07, 6.45) is -0.580. The molecule has 0 aliphatic rings. The van der Waals surface area contributed by atoms with Crippen molar-refractivity contribution in [2.75, 3.05) is 7.11 Å². The fourth-order valence-electron chi connectivity index (χ4n) is 3.61. The maximum Gasteiger partial charge on any atom is 0.408 e. The lowest BCUT2D eigenvalue weighted by Crippen LogP contribution is -2.30. The highest BCUT2D eigenvalue weighted by molar-refractivity contribution is 5.89. The number of carbonyl (C=O) groups is 1. The van der Waals surface area contributed by atoms with Crippen LogP contribution in [0.1, 0.15) is 22.7 Å². The minimum absolute atomic E-state index is 0.0925. The highest BCUT2D eigenvalue weighted by Crippen LogP contribution is 2.36. The largest absolute Gasteiger partial charge is 0.508 e. The molecule has 4 rings (SSSR count). The molecule has 0 saturated carbocycles. The molecule has 0 radical (unpaired) electrons. The van der Waals surface area contributed by atoms with Crippen LogP contribution in [-0.4, -0.2) is 18.3 Å². The Bertz CT molecular complexity index is 1190. The summed E-state index contributed by atoms with van der Waals surface area (Å²) in [4.78, 5) is 12.7. The molecule has 5 heteroatoms. The van der Waals surface area contributed by atoms with E-state index in [4.69, 9.17) is 9.47 Å². The van der Waals surface area contributed by atoms with E-state index in [1.54, 1.807) is 13.2 Å². The molecule has 2 N–H and O–H groups in total. The molecule has 1 amide bonds. The molecule has 1 unspecified atom stereocenters. The smallest absolute Gasteiger partial charge is 0.408 e. The zero-order valence-electron chi connectivity index (χ0n) is 17.1. The van der Waals surface area contributed by atoms with Crippen LogP contribution in [0.15, 0.2) is 91.0 Å². The van der Waals surface area contributed by atoms with Gasteiger partial charge in [-0.2, -0.15) is 0 Å². The first kappa shape index (κ1) is 20.3. The van der Waals surface area contributed by atoms with Crippen molar-refractivity contribution in [2.45, 2.75) is 12.6 Å². The van der Waals surface area contributed by atoms with Crippen LogP contribution in [0.3, 0.4) is 0 Å². The first-order valence-electron chi connectivity index (χ1n) is 9.97. The number of amides is 1. The predicted octanol–water partition coefficient (Wildman–Crippen LogP) is 5.57. The van der Waals surface area contributed by atoms with E-state index >= 15 is 0 Å². The average molecular weight is 413 g/mol. The summed E-state index contributed by atoms with van der Waals surface area (Å²) in [6, 6.07) is 27.5. The minimum atomic E-state index is -0.635. The van der Waals surface area contributed by atoms with Gasteiger partial charge in [-0.05, 0) is 40.1 Å². The van der Waals surface area contributed by atoms with Crippen LogP contribution in [0.4, 0.5) is 4.79 Å². The van der Waals surface area contributed by atoms with E-state index in [9.17, 15) is 9.90 Å².